The van der Waals surface area contributed by atoms with Crippen LogP contribution in [0.25, 0.3) is 0 Å². The van der Waals surface area contributed by atoms with E-state index in [2.05, 4.69) is 35.6 Å². The quantitative estimate of drug-likeness (QED) is 0.560. The Morgan fingerprint density at radius 1 is 1.42 bits per heavy atom. The van der Waals surface area contributed by atoms with Crippen LogP contribution in [0, 0.1) is 0 Å². The van der Waals surface area contributed by atoms with Gasteiger partial charge in [-0.15, -0.1) is 0 Å². The minimum atomic E-state index is -0.392. The van der Waals surface area contributed by atoms with Crippen LogP contribution in [0.1, 0.15) is 50.4 Å². The van der Waals surface area contributed by atoms with Gasteiger partial charge in [0.25, 0.3) is 0 Å². The Morgan fingerprint density at radius 3 is 2.74 bits per heavy atom. The number of rotatable bonds is 7. The molecule has 19 heavy (non-hydrogen) atoms. The summed E-state index contributed by atoms with van der Waals surface area (Å²) in [6.45, 7) is 7.24. The highest BCUT2D eigenvalue weighted by Gasteiger charge is 2.20. The Morgan fingerprint density at radius 2 is 2.16 bits per heavy atom. The number of carbonyl (C=O) groups is 1. The molecule has 106 valence electrons. The third-order valence-corrected chi connectivity index (χ3v) is 2.99. The standard InChI is InChI=1S/C14H23N3O2/c1-5-6-7-8-17(11(2)3)13-12(14(18)19-4)9-15-10-16-13/h9-11H,5-8H2,1-4H3. The Bertz CT molecular complexity index is 407. The zero-order valence-corrected chi connectivity index (χ0v) is 12.2. The lowest BCUT2D eigenvalue weighted by Crippen LogP contribution is -2.34. The average molecular weight is 265 g/mol. The normalized spacial score (nSPS) is 10.6. The number of methoxy groups -OCH3 is 1. The van der Waals surface area contributed by atoms with Crippen molar-refractivity contribution in [1.82, 2.24) is 9.97 Å². The van der Waals surface area contributed by atoms with Gasteiger partial charge in [0.05, 0.1) is 7.11 Å². The number of aromatic nitrogens is 2. The van der Waals surface area contributed by atoms with Crippen LogP contribution in [0.15, 0.2) is 12.5 Å². The summed E-state index contributed by atoms with van der Waals surface area (Å²) in [4.78, 5) is 22.1. The molecule has 0 spiro atoms. The van der Waals surface area contributed by atoms with Crippen molar-refractivity contribution in [3.05, 3.63) is 18.1 Å². The van der Waals surface area contributed by atoms with E-state index < -0.39 is 5.97 Å². The number of nitrogens with zero attached hydrogens (tertiary/aromatic N) is 3. The van der Waals surface area contributed by atoms with E-state index >= 15 is 0 Å². The first-order valence-electron chi connectivity index (χ1n) is 6.76. The zero-order valence-electron chi connectivity index (χ0n) is 12.2. The maximum Gasteiger partial charge on any atom is 0.343 e. The molecule has 0 saturated carbocycles. The summed E-state index contributed by atoms with van der Waals surface area (Å²) in [7, 11) is 1.37. The predicted molar refractivity (Wildman–Crippen MR) is 75.4 cm³/mol. The van der Waals surface area contributed by atoms with Gasteiger partial charge in [-0.1, -0.05) is 19.8 Å². The molecule has 0 unspecified atom stereocenters. The lowest BCUT2D eigenvalue weighted by atomic mass is 10.2. The summed E-state index contributed by atoms with van der Waals surface area (Å²) in [5.41, 5.74) is 0.426. The van der Waals surface area contributed by atoms with Gasteiger partial charge in [0.15, 0.2) is 0 Å². The lowest BCUT2D eigenvalue weighted by molar-refractivity contribution is 0.0600. The fraction of sp³-hybridized carbons (Fsp3) is 0.643. The highest BCUT2D eigenvalue weighted by atomic mass is 16.5. The van der Waals surface area contributed by atoms with Gasteiger partial charge in [0.1, 0.15) is 17.7 Å². The smallest absolute Gasteiger partial charge is 0.343 e. The predicted octanol–water partition coefficient (Wildman–Crippen LogP) is 2.67. The molecule has 1 rings (SSSR count). The number of ether oxygens (including phenoxy) is 1. The van der Waals surface area contributed by atoms with Gasteiger partial charge in [-0.3, -0.25) is 0 Å². The van der Waals surface area contributed by atoms with Crippen LogP contribution >= 0.6 is 0 Å². The number of hydrogen-bond acceptors (Lipinski definition) is 5. The molecule has 0 N–H and O–H groups in total. The molecule has 1 aromatic rings. The van der Waals surface area contributed by atoms with E-state index in [1.165, 1.54) is 32.5 Å². The molecule has 0 radical (unpaired) electrons. The first kappa shape index (κ1) is 15.4. The summed E-state index contributed by atoms with van der Waals surface area (Å²) < 4.78 is 4.79. The summed E-state index contributed by atoms with van der Waals surface area (Å²) in [5, 5.41) is 0. The minimum Gasteiger partial charge on any atom is -0.465 e. The molecule has 0 fully saturated rings. The largest absolute Gasteiger partial charge is 0.465 e. The molecular weight excluding hydrogens is 242 g/mol. The number of hydrogen-bond donors (Lipinski definition) is 0. The molecule has 5 nitrogen and oxygen atoms in total. The van der Waals surface area contributed by atoms with Gasteiger partial charge in [-0.2, -0.15) is 0 Å². The van der Waals surface area contributed by atoms with Crippen molar-refractivity contribution >= 4 is 11.8 Å². The van der Waals surface area contributed by atoms with E-state index in [4.69, 9.17) is 4.74 Å². The summed E-state index contributed by atoms with van der Waals surface area (Å²) in [6, 6.07) is 0.273. The molecule has 1 aromatic heterocycles. The fourth-order valence-electron chi connectivity index (χ4n) is 1.95. The van der Waals surface area contributed by atoms with Crippen molar-refractivity contribution in [2.24, 2.45) is 0 Å². The zero-order chi connectivity index (χ0) is 14.3. The summed E-state index contributed by atoms with van der Waals surface area (Å²) in [6.07, 6.45) is 6.40. The van der Waals surface area contributed by atoms with Crippen LogP contribution in [0.4, 0.5) is 5.82 Å². The molecule has 0 saturated heterocycles. The third-order valence-electron chi connectivity index (χ3n) is 2.99. The van der Waals surface area contributed by atoms with Crippen LogP contribution in [0.2, 0.25) is 0 Å². The van der Waals surface area contributed by atoms with Gasteiger partial charge in [0.2, 0.25) is 0 Å². The maximum atomic E-state index is 11.8. The van der Waals surface area contributed by atoms with Crippen LogP contribution in [0.5, 0.6) is 0 Å². The van der Waals surface area contributed by atoms with Crippen molar-refractivity contribution in [2.45, 2.75) is 46.1 Å². The van der Waals surface area contributed by atoms with Crippen molar-refractivity contribution in [3.8, 4) is 0 Å². The number of unbranched alkanes of at least 4 members (excludes halogenated alkanes) is 2. The van der Waals surface area contributed by atoms with E-state index in [9.17, 15) is 4.79 Å². The van der Waals surface area contributed by atoms with E-state index in [1.807, 2.05) is 0 Å². The molecule has 0 bridgehead atoms. The summed E-state index contributed by atoms with van der Waals surface area (Å²) >= 11 is 0. The number of carbonyl (C=O) groups excluding carboxylic acids is 1. The highest BCUT2D eigenvalue weighted by molar-refractivity contribution is 5.94. The highest BCUT2D eigenvalue weighted by Crippen LogP contribution is 2.20. The number of anilines is 1. The maximum absolute atomic E-state index is 11.8. The molecule has 0 aliphatic carbocycles. The van der Waals surface area contributed by atoms with Crippen molar-refractivity contribution in [1.29, 1.82) is 0 Å². The molecular formula is C14H23N3O2. The summed E-state index contributed by atoms with van der Waals surface area (Å²) in [5.74, 6) is 0.268. The van der Waals surface area contributed by atoms with Crippen LogP contribution < -0.4 is 4.90 Å². The molecule has 0 aliphatic heterocycles. The second-order valence-corrected chi connectivity index (χ2v) is 4.75. The Kier molecular flexibility index (Phi) is 6.25. The Labute approximate surface area is 115 Å². The third kappa shape index (κ3) is 4.19. The Balaban J connectivity index is 2.98. The van der Waals surface area contributed by atoms with E-state index in [-0.39, 0.29) is 6.04 Å². The van der Waals surface area contributed by atoms with E-state index in [0.29, 0.717) is 11.4 Å². The Hall–Kier alpha value is -1.65. The van der Waals surface area contributed by atoms with Crippen LogP contribution in [-0.2, 0) is 4.74 Å². The van der Waals surface area contributed by atoms with Gasteiger partial charge in [-0.05, 0) is 20.3 Å². The second-order valence-electron chi connectivity index (χ2n) is 4.75. The molecule has 0 atom stereocenters. The van der Waals surface area contributed by atoms with Crippen LogP contribution in [-0.4, -0.2) is 35.6 Å². The van der Waals surface area contributed by atoms with Gasteiger partial charge < -0.3 is 9.64 Å². The second kappa shape index (κ2) is 7.71. The number of esters is 1. The van der Waals surface area contributed by atoms with Gasteiger partial charge in [0, 0.05) is 18.8 Å². The van der Waals surface area contributed by atoms with E-state index in [0.717, 1.165) is 13.0 Å². The molecule has 1 heterocycles. The monoisotopic (exact) mass is 265 g/mol. The van der Waals surface area contributed by atoms with E-state index in [1.54, 1.807) is 0 Å². The first-order valence-corrected chi connectivity index (χ1v) is 6.76. The molecule has 0 aromatic carbocycles. The van der Waals surface area contributed by atoms with Gasteiger partial charge in [-0.25, -0.2) is 14.8 Å². The van der Waals surface area contributed by atoms with Crippen molar-refractivity contribution in [2.75, 3.05) is 18.6 Å². The fourth-order valence-corrected chi connectivity index (χ4v) is 1.95. The van der Waals surface area contributed by atoms with Crippen molar-refractivity contribution in [3.63, 3.8) is 0 Å². The topological polar surface area (TPSA) is 55.3 Å². The van der Waals surface area contributed by atoms with Gasteiger partial charge >= 0.3 is 5.97 Å². The lowest BCUT2D eigenvalue weighted by Gasteiger charge is -2.28. The van der Waals surface area contributed by atoms with Crippen LogP contribution in [0.3, 0.4) is 0 Å². The molecule has 0 aliphatic rings. The average Bonchev–Trinajstić information content (AvgIpc) is 2.42. The van der Waals surface area contributed by atoms with Crippen molar-refractivity contribution < 1.29 is 9.53 Å². The molecule has 5 heteroatoms. The first-order chi connectivity index (χ1) is 9.11. The molecule has 0 amide bonds. The minimum absolute atomic E-state index is 0.273. The SMILES string of the molecule is CCCCCN(c1ncncc1C(=O)OC)C(C)C.